The van der Waals surface area contributed by atoms with Crippen LogP contribution < -0.4 is 14.8 Å². The molecule has 0 fully saturated rings. The molecule has 0 aliphatic carbocycles. The molecule has 0 bridgehead atoms. The van der Waals surface area contributed by atoms with Gasteiger partial charge in [-0.25, -0.2) is 0 Å². The Morgan fingerprint density at radius 2 is 1.48 bits per heavy atom. The minimum Gasteiger partial charge on any atom is -0.493 e. The van der Waals surface area contributed by atoms with Gasteiger partial charge in [0.1, 0.15) is 6.61 Å². The zero-order chi connectivity index (χ0) is 20.8. The fraction of sp³-hybridized carbons (Fsp3) is 0.182. The molecule has 1 N–H and O–H groups in total. The van der Waals surface area contributed by atoms with E-state index in [9.17, 15) is 0 Å². The summed E-state index contributed by atoms with van der Waals surface area (Å²) >= 11 is 25.1. The van der Waals surface area contributed by atoms with E-state index in [4.69, 9.17) is 55.9 Å². The van der Waals surface area contributed by atoms with Gasteiger partial charge in [-0.05, 0) is 41.5 Å². The van der Waals surface area contributed by atoms with Crippen LogP contribution in [0.25, 0.3) is 0 Å². The van der Waals surface area contributed by atoms with E-state index in [-0.39, 0.29) is 6.61 Å². The van der Waals surface area contributed by atoms with Gasteiger partial charge < -0.3 is 14.8 Å². The Bertz CT molecular complexity index is 974. The summed E-state index contributed by atoms with van der Waals surface area (Å²) < 4.78 is 11.4. The van der Waals surface area contributed by atoms with Crippen molar-refractivity contribution in [1.29, 1.82) is 0 Å². The Morgan fingerprint density at radius 1 is 0.793 bits per heavy atom. The van der Waals surface area contributed by atoms with Gasteiger partial charge in [-0.2, -0.15) is 0 Å². The van der Waals surface area contributed by atoms with Crippen LogP contribution in [0.15, 0.2) is 54.6 Å². The van der Waals surface area contributed by atoms with E-state index in [1.54, 1.807) is 25.3 Å². The van der Waals surface area contributed by atoms with Crippen molar-refractivity contribution in [2.75, 3.05) is 7.11 Å². The predicted molar refractivity (Wildman–Crippen MR) is 121 cm³/mol. The number of hydrogen-bond donors (Lipinski definition) is 1. The van der Waals surface area contributed by atoms with Crippen LogP contribution in [0.4, 0.5) is 0 Å². The smallest absolute Gasteiger partial charge is 0.180 e. The molecule has 3 aromatic carbocycles. The van der Waals surface area contributed by atoms with Crippen LogP contribution in [-0.2, 0) is 19.7 Å². The molecule has 0 amide bonds. The van der Waals surface area contributed by atoms with Gasteiger partial charge in [0.05, 0.1) is 12.1 Å². The molecular formula is C22H19Cl4NO2. The second-order valence-electron chi connectivity index (χ2n) is 6.29. The third-order valence-corrected chi connectivity index (χ3v) is 5.67. The number of methoxy groups -OCH3 is 1. The lowest BCUT2D eigenvalue weighted by atomic mass is 10.1. The summed E-state index contributed by atoms with van der Waals surface area (Å²) in [7, 11) is 1.57. The lowest BCUT2D eigenvalue weighted by molar-refractivity contribution is 0.284. The zero-order valence-corrected chi connectivity index (χ0v) is 18.7. The second-order valence-corrected chi connectivity index (χ2v) is 7.92. The summed E-state index contributed by atoms with van der Waals surface area (Å²) in [6, 6.07) is 16.8. The lowest BCUT2D eigenvalue weighted by Gasteiger charge is -2.16. The molecule has 3 rings (SSSR count). The first-order valence-corrected chi connectivity index (χ1v) is 10.4. The highest BCUT2D eigenvalue weighted by molar-refractivity contribution is 6.36. The number of ether oxygens (including phenoxy) is 2. The Hall–Kier alpha value is -1.62. The zero-order valence-electron chi connectivity index (χ0n) is 15.6. The van der Waals surface area contributed by atoms with Crippen molar-refractivity contribution in [3.63, 3.8) is 0 Å². The van der Waals surface area contributed by atoms with Gasteiger partial charge in [-0.15, -0.1) is 0 Å². The van der Waals surface area contributed by atoms with Gasteiger partial charge in [0.25, 0.3) is 0 Å². The van der Waals surface area contributed by atoms with Gasteiger partial charge in [0.15, 0.2) is 11.5 Å². The van der Waals surface area contributed by atoms with E-state index < -0.39 is 0 Å². The highest BCUT2D eigenvalue weighted by atomic mass is 35.5. The molecule has 29 heavy (non-hydrogen) atoms. The molecule has 7 heteroatoms. The van der Waals surface area contributed by atoms with Crippen molar-refractivity contribution in [2.45, 2.75) is 19.7 Å². The van der Waals surface area contributed by atoms with Crippen LogP contribution in [0.5, 0.6) is 11.5 Å². The predicted octanol–water partition coefficient (Wildman–Crippen LogP) is 7.18. The summed E-state index contributed by atoms with van der Waals surface area (Å²) in [4.78, 5) is 0. The molecule has 3 nitrogen and oxygen atoms in total. The molecule has 0 saturated heterocycles. The Kier molecular flexibility index (Phi) is 7.93. The Labute approximate surface area is 190 Å². The van der Waals surface area contributed by atoms with Crippen molar-refractivity contribution in [3.05, 3.63) is 91.4 Å². The monoisotopic (exact) mass is 469 g/mol. The maximum Gasteiger partial charge on any atom is 0.180 e. The normalized spacial score (nSPS) is 10.8. The van der Waals surface area contributed by atoms with Gasteiger partial charge in [-0.1, -0.05) is 70.7 Å². The van der Waals surface area contributed by atoms with Crippen molar-refractivity contribution >= 4 is 46.4 Å². The average molecular weight is 471 g/mol. The van der Waals surface area contributed by atoms with Gasteiger partial charge >= 0.3 is 0 Å². The summed E-state index contributed by atoms with van der Waals surface area (Å²) in [6.45, 7) is 1.42. The van der Waals surface area contributed by atoms with Crippen LogP contribution >= 0.6 is 46.4 Å². The number of halogens is 4. The summed E-state index contributed by atoms with van der Waals surface area (Å²) in [5, 5.41) is 5.61. The molecule has 0 spiro atoms. The standard InChI is InChI=1S/C22H19Cl4NO2/c1-28-21-10-14(11-27-12-15-5-2-3-6-17(15)23)9-20(26)22(21)29-13-16-18(24)7-4-8-19(16)25/h2-10,27H,11-13H2,1H3. The van der Waals surface area contributed by atoms with Gasteiger partial charge in [-0.3, -0.25) is 0 Å². The van der Waals surface area contributed by atoms with Crippen LogP contribution in [0.3, 0.4) is 0 Å². The third-order valence-electron chi connectivity index (χ3n) is 4.31. The van der Waals surface area contributed by atoms with E-state index >= 15 is 0 Å². The minimum absolute atomic E-state index is 0.179. The molecular weight excluding hydrogens is 452 g/mol. The first-order chi connectivity index (χ1) is 14.0. The fourth-order valence-electron chi connectivity index (χ4n) is 2.81. The molecule has 0 atom stereocenters. The number of hydrogen-bond acceptors (Lipinski definition) is 3. The molecule has 0 aliphatic rings. The second kappa shape index (κ2) is 10.4. The Morgan fingerprint density at radius 3 is 2.17 bits per heavy atom. The highest BCUT2D eigenvalue weighted by Gasteiger charge is 2.14. The van der Waals surface area contributed by atoms with Crippen LogP contribution in [-0.4, -0.2) is 7.11 Å². The SMILES string of the molecule is COc1cc(CNCc2ccccc2Cl)cc(Cl)c1OCc1c(Cl)cccc1Cl. The summed E-state index contributed by atoms with van der Waals surface area (Å²) in [5.41, 5.74) is 2.69. The maximum atomic E-state index is 6.46. The minimum atomic E-state index is 0.179. The number of rotatable bonds is 8. The molecule has 0 heterocycles. The molecule has 152 valence electrons. The number of nitrogens with one attached hydrogen (secondary N) is 1. The lowest BCUT2D eigenvalue weighted by Crippen LogP contribution is -2.13. The fourth-order valence-corrected chi connectivity index (χ4v) is 3.81. The molecule has 0 unspecified atom stereocenters. The van der Waals surface area contributed by atoms with E-state index in [1.165, 1.54) is 0 Å². The summed E-state index contributed by atoms with van der Waals surface area (Å²) in [6.07, 6.45) is 0. The van der Waals surface area contributed by atoms with Crippen LogP contribution in [0.1, 0.15) is 16.7 Å². The van der Waals surface area contributed by atoms with Gasteiger partial charge in [0, 0.05) is 33.7 Å². The van der Waals surface area contributed by atoms with E-state index in [2.05, 4.69) is 5.32 Å². The topological polar surface area (TPSA) is 30.5 Å². The van der Waals surface area contributed by atoms with Crippen molar-refractivity contribution in [1.82, 2.24) is 5.32 Å². The van der Waals surface area contributed by atoms with Gasteiger partial charge in [0.2, 0.25) is 0 Å². The quantitative estimate of drug-likeness (QED) is 0.378. The van der Waals surface area contributed by atoms with Crippen molar-refractivity contribution in [3.8, 4) is 11.5 Å². The number of benzene rings is 3. The highest BCUT2D eigenvalue weighted by Crippen LogP contribution is 2.38. The van der Waals surface area contributed by atoms with E-state index in [0.717, 1.165) is 16.1 Å². The van der Waals surface area contributed by atoms with Crippen molar-refractivity contribution < 1.29 is 9.47 Å². The van der Waals surface area contributed by atoms with E-state index in [0.29, 0.717) is 45.2 Å². The molecule has 3 aromatic rings. The van der Waals surface area contributed by atoms with Crippen LogP contribution in [0.2, 0.25) is 20.1 Å². The molecule has 0 aromatic heterocycles. The first-order valence-electron chi connectivity index (χ1n) is 8.85. The molecule has 0 aliphatic heterocycles. The van der Waals surface area contributed by atoms with Crippen LogP contribution in [0, 0.1) is 0 Å². The van der Waals surface area contributed by atoms with E-state index in [1.807, 2.05) is 36.4 Å². The third kappa shape index (κ3) is 5.71. The molecule has 0 saturated carbocycles. The summed E-state index contributed by atoms with van der Waals surface area (Å²) in [5.74, 6) is 0.982. The maximum absolute atomic E-state index is 6.46. The molecule has 0 radical (unpaired) electrons. The van der Waals surface area contributed by atoms with Crippen molar-refractivity contribution in [2.24, 2.45) is 0 Å². The average Bonchev–Trinajstić information content (AvgIpc) is 2.70. The largest absolute Gasteiger partial charge is 0.493 e. The Balaban J connectivity index is 1.69. The first kappa shape index (κ1) is 22.1.